The summed E-state index contributed by atoms with van der Waals surface area (Å²) < 4.78 is 16.8. The summed E-state index contributed by atoms with van der Waals surface area (Å²) in [5.74, 6) is -0.640. The lowest BCUT2D eigenvalue weighted by atomic mass is 9.45. The number of carbonyl (C=O) groups is 3. The number of aliphatic hydroxyl groups excluding tert-OH is 1. The molecule has 0 spiro atoms. The molecule has 4 aliphatic carbocycles. The molecule has 8 heteroatoms. The van der Waals surface area contributed by atoms with Crippen LogP contribution in [0.15, 0.2) is 11.6 Å². The minimum atomic E-state index is -1.13. The van der Waals surface area contributed by atoms with Crippen molar-refractivity contribution in [1.29, 1.82) is 0 Å². The van der Waals surface area contributed by atoms with E-state index >= 15 is 0 Å². The van der Waals surface area contributed by atoms with Gasteiger partial charge >= 0.3 is 5.97 Å². The molecule has 7 nitrogen and oxygen atoms in total. The van der Waals surface area contributed by atoms with E-state index in [9.17, 15) is 19.5 Å². The SMILES string of the molecule is CCOCO[C@]1(C(=O)COC(C)=O)CC[C@H]2[C@@H]3CCC4=CC(=O)CC(O)[C@]4(C)[C@@]3(Cl)CC[C@@]21C. The zero-order valence-corrected chi connectivity index (χ0v) is 21.4. The highest BCUT2D eigenvalue weighted by molar-refractivity contribution is 6.25. The van der Waals surface area contributed by atoms with E-state index in [4.69, 9.17) is 25.8 Å². The van der Waals surface area contributed by atoms with Gasteiger partial charge in [-0.2, -0.15) is 0 Å². The van der Waals surface area contributed by atoms with Crippen molar-refractivity contribution < 1.29 is 33.7 Å². The van der Waals surface area contributed by atoms with Crippen molar-refractivity contribution in [3.63, 3.8) is 0 Å². The number of hydrogen-bond acceptors (Lipinski definition) is 7. The number of aliphatic hydroxyl groups is 1. The molecule has 1 unspecified atom stereocenters. The maximum Gasteiger partial charge on any atom is 0.303 e. The van der Waals surface area contributed by atoms with E-state index in [1.807, 2.05) is 13.8 Å². The van der Waals surface area contributed by atoms with Crippen LogP contribution in [0.3, 0.4) is 0 Å². The van der Waals surface area contributed by atoms with Crippen LogP contribution in [0.2, 0.25) is 0 Å². The Hall–Kier alpha value is -1.28. The van der Waals surface area contributed by atoms with Crippen LogP contribution in [0.4, 0.5) is 0 Å². The molecule has 0 aromatic carbocycles. The fourth-order valence-corrected chi connectivity index (χ4v) is 8.40. The van der Waals surface area contributed by atoms with E-state index in [0.717, 1.165) is 18.4 Å². The Labute approximate surface area is 206 Å². The minimum Gasteiger partial charge on any atom is -0.458 e. The quantitative estimate of drug-likeness (QED) is 0.248. The van der Waals surface area contributed by atoms with Gasteiger partial charge in [0.1, 0.15) is 12.4 Å². The third-order valence-electron chi connectivity index (χ3n) is 9.73. The molecule has 0 aromatic heterocycles. The van der Waals surface area contributed by atoms with Gasteiger partial charge in [0, 0.05) is 30.8 Å². The minimum absolute atomic E-state index is 0.00721. The molecule has 7 atom stereocenters. The molecule has 0 saturated heterocycles. The molecule has 0 heterocycles. The molecule has 190 valence electrons. The van der Waals surface area contributed by atoms with Gasteiger partial charge in [0.05, 0.1) is 11.0 Å². The Morgan fingerprint density at radius 3 is 2.59 bits per heavy atom. The summed E-state index contributed by atoms with van der Waals surface area (Å²) in [5, 5.41) is 11.1. The van der Waals surface area contributed by atoms with Crippen molar-refractivity contribution in [2.24, 2.45) is 22.7 Å². The van der Waals surface area contributed by atoms with Crippen LogP contribution in [-0.4, -0.2) is 59.2 Å². The predicted molar refractivity (Wildman–Crippen MR) is 125 cm³/mol. The molecular formula is C26H37ClO7. The number of hydrogen-bond donors (Lipinski definition) is 1. The zero-order valence-electron chi connectivity index (χ0n) is 20.7. The van der Waals surface area contributed by atoms with Gasteiger partial charge in [-0.15, -0.1) is 11.6 Å². The van der Waals surface area contributed by atoms with E-state index in [-0.39, 0.29) is 43.2 Å². The Morgan fingerprint density at radius 1 is 1.18 bits per heavy atom. The van der Waals surface area contributed by atoms with Gasteiger partial charge < -0.3 is 19.3 Å². The molecule has 4 aliphatic rings. The van der Waals surface area contributed by atoms with Crippen molar-refractivity contribution in [3.8, 4) is 0 Å². The lowest BCUT2D eigenvalue weighted by Gasteiger charge is -2.64. The van der Waals surface area contributed by atoms with Gasteiger partial charge in [-0.1, -0.05) is 19.4 Å². The van der Waals surface area contributed by atoms with E-state index in [2.05, 4.69) is 6.92 Å². The zero-order chi connectivity index (χ0) is 24.9. The third-order valence-corrected chi connectivity index (χ3v) is 10.6. The normalized spacial score (nSPS) is 43.4. The Bertz CT molecular complexity index is 902. The molecular weight excluding hydrogens is 460 g/mol. The summed E-state index contributed by atoms with van der Waals surface area (Å²) >= 11 is 7.53. The first-order valence-corrected chi connectivity index (χ1v) is 12.8. The van der Waals surface area contributed by atoms with E-state index < -0.39 is 33.4 Å². The first-order chi connectivity index (χ1) is 16.0. The van der Waals surface area contributed by atoms with E-state index in [1.165, 1.54) is 6.92 Å². The third kappa shape index (κ3) is 3.53. The molecule has 1 N–H and O–H groups in total. The number of Topliss-reactive ketones (excluding diaryl/α,β-unsaturated/α-hetero) is 1. The van der Waals surface area contributed by atoms with E-state index in [0.29, 0.717) is 32.3 Å². The molecule has 0 amide bonds. The smallest absolute Gasteiger partial charge is 0.303 e. The maximum atomic E-state index is 13.6. The number of ether oxygens (including phenoxy) is 3. The van der Waals surface area contributed by atoms with Gasteiger partial charge in [0.15, 0.2) is 12.4 Å². The van der Waals surface area contributed by atoms with Gasteiger partial charge in [0.25, 0.3) is 0 Å². The fraction of sp³-hybridized carbons (Fsp3) is 0.808. The van der Waals surface area contributed by atoms with Crippen LogP contribution >= 0.6 is 11.6 Å². The summed E-state index contributed by atoms with van der Waals surface area (Å²) in [5.41, 5.74) is -1.38. The summed E-state index contributed by atoms with van der Waals surface area (Å²) in [6, 6.07) is 0. The average Bonchev–Trinajstić information content (AvgIpc) is 3.07. The van der Waals surface area contributed by atoms with Gasteiger partial charge in [0.2, 0.25) is 5.78 Å². The van der Waals surface area contributed by atoms with Crippen molar-refractivity contribution >= 4 is 29.1 Å². The average molecular weight is 497 g/mol. The Balaban J connectivity index is 1.70. The summed E-state index contributed by atoms with van der Waals surface area (Å²) in [7, 11) is 0. The van der Waals surface area contributed by atoms with Gasteiger partial charge in [-0.3, -0.25) is 14.4 Å². The van der Waals surface area contributed by atoms with Crippen LogP contribution in [0.1, 0.15) is 72.6 Å². The molecule has 34 heavy (non-hydrogen) atoms. The number of rotatable bonds is 7. The number of ketones is 2. The topological polar surface area (TPSA) is 99.1 Å². The van der Waals surface area contributed by atoms with Crippen LogP contribution in [0.25, 0.3) is 0 Å². The second-order valence-electron chi connectivity index (χ2n) is 10.9. The number of halogens is 1. The molecule has 0 bridgehead atoms. The lowest BCUT2D eigenvalue weighted by Crippen LogP contribution is -2.66. The Morgan fingerprint density at radius 2 is 1.91 bits per heavy atom. The Kier molecular flexibility index (Phi) is 6.82. The highest BCUT2D eigenvalue weighted by Gasteiger charge is 2.72. The van der Waals surface area contributed by atoms with Crippen LogP contribution in [0, 0.1) is 22.7 Å². The second-order valence-corrected chi connectivity index (χ2v) is 11.6. The number of fused-ring (bicyclic) bond motifs is 5. The van der Waals surface area contributed by atoms with Gasteiger partial charge in [-0.25, -0.2) is 0 Å². The number of alkyl halides is 1. The fourth-order valence-electron chi connectivity index (χ4n) is 7.80. The number of carbonyl (C=O) groups excluding carboxylic acids is 3. The van der Waals surface area contributed by atoms with Gasteiger partial charge in [-0.05, 0) is 63.4 Å². The largest absolute Gasteiger partial charge is 0.458 e. The van der Waals surface area contributed by atoms with Crippen LogP contribution < -0.4 is 0 Å². The molecule has 3 fully saturated rings. The highest BCUT2D eigenvalue weighted by Crippen LogP contribution is 2.71. The molecule has 3 saturated carbocycles. The van der Waals surface area contributed by atoms with Crippen LogP contribution in [-0.2, 0) is 28.6 Å². The first kappa shape index (κ1) is 25.8. The molecule has 4 rings (SSSR count). The van der Waals surface area contributed by atoms with E-state index in [1.54, 1.807) is 6.08 Å². The maximum absolute atomic E-state index is 13.6. The van der Waals surface area contributed by atoms with Crippen molar-refractivity contribution in [3.05, 3.63) is 11.6 Å². The lowest BCUT2D eigenvalue weighted by molar-refractivity contribution is -0.207. The molecule has 0 aliphatic heterocycles. The van der Waals surface area contributed by atoms with Crippen LogP contribution in [0.5, 0.6) is 0 Å². The molecule has 0 aromatic rings. The van der Waals surface area contributed by atoms with Crippen molar-refractivity contribution in [2.75, 3.05) is 20.0 Å². The standard InChI is InChI=1S/C26H37ClO7/c1-5-32-15-34-26(22(31)14-33-16(2)28)9-8-19-20-7-6-17-12-18(29)13-21(30)24(17,4)25(20,27)11-10-23(19,26)3/h12,19-21,30H,5-11,13-15H2,1-4H3/t19-,20-,21?,23-,24+,25+,26-/m0/s1. The highest BCUT2D eigenvalue weighted by atomic mass is 35.5. The number of esters is 1. The van der Waals surface area contributed by atoms with Crippen molar-refractivity contribution in [2.45, 2.75) is 89.2 Å². The predicted octanol–water partition coefficient (Wildman–Crippen LogP) is 3.73. The summed E-state index contributed by atoms with van der Waals surface area (Å²) in [6.45, 7) is 7.40. The summed E-state index contributed by atoms with van der Waals surface area (Å²) in [4.78, 5) is 36.5. The second kappa shape index (κ2) is 8.99. The monoisotopic (exact) mass is 496 g/mol. The first-order valence-electron chi connectivity index (χ1n) is 12.5. The van der Waals surface area contributed by atoms with Crippen molar-refractivity contribution in [1.82, 2.24) is 0 Å². The summed E-state index contributed by atoms with van der Waals surface area (Å²) in [6.07, 6.45) is 4.94. The molecule has 0 radical (unpaired) electrons.